The lowest BCUT2D eigenvalue weighted by Gasteiger charge is -2.07. The Morgan fingerprint density at radius 2 is 2.33 bits per heavy atom. The van der Waals surface area contributed by atoms with Crippen LogP contribution in [0.15, 0.2) is 12.1 Å². The molecule has 0 N–H and O–H groups in total. The standard InChI is InChI=1S/C10H7ClINO2/c1-15-9-3-2-6(8(14)4-11)10(12)7(9)5-13/h2-3H,4H2,1H3. The van der Waals surface area contributed by atoms with Crippen molar-refractivity contribution in [3.05, 3.63) is 26.8 Å². The van der Waals surface area contributed by atoms with Crippen LogP contribution in [-0.2, 0) is 0 Å². The highest BCUT2D eigenvalue weighted by molar-refractivity contribution is 14.1. The molecule has 0 aromatic heterocycles. The molecule has 0 radical (unpaired) electrons. The predicted octanol–water partition coefficient (Wildman–Crippen LogP) is 2.59. The second-order valence-electron chi connectivity index (χ2n) is 2.67. The van der Waals surface area contributed by atoms with Crippen molar-refractivity contribution >= 4 is 40.0 Å². The number of halogens is 2. The van der Waals surface area contributed by atoms with E-state index in [1.807, 2.05) is 28.7 Å². The van der Waals surface area contributed by atoms with Gasteiger partial charge in [-0.3, -0.25) is 4.79 Å². The van der Waals surface area contributed by atoms with Crippen LogP contribution in [-0.4, -0.2) is 18.8 Å². The zero-order valence-electron chi connectivity index (χ0n) is 7.88. The number of nitriles is 1. The average Bonchev–Trinajstić information content (AvgIpc) is 2.27. The number of methoxy groups -OCH3 is 1. The molecular formula is C10H7ClINO2. The predicted molar refractivity (Wildman–Crippen MR) is 65.5 cm³/mol. The van der Waals surface area contributed by atoms with Crippen LogP contribution < -0.4 is 4.74 Å². The van der Waals surface area contributed by atoms with Gasteiger partial charge in [0.05, 0.1) is 13.0 Å². The average molecular weight is 336 g/mol. The number of benzene rings is 1. The summed E-state index contributed by atoms with van der Waals surface area (Å²) >= 11 is 7.41. The smallest absolute Gasteiger partial charge is 0.178 e. The zero-order chi connectivity index (χ0) is 11.4. The van der Waals surface area contributed by atoms with Gasteiger partial charge in [0, 0.05) is 9.13 Å². The number of rotatable bonds is 3. The summed E-state index contributed by atoms with van der Waals surface area (Å²) in [6.45, 7) is 0. The first-order chi connectivity index (χ1) is 7.15. The molecule has 0 heterocycles. The molecule has 0 atom stereocenters. The van der Waals surface area contributed by atoms with Crippen molar-refractivity contribution in [2.75, 3.05) is 13.0 Å². The van der Waals surface area contributed by atoms with Crippen molar-refractivity contribution < 1.29 is 9.53 Å². The van der Waals surface area contributed by atoms with Crippen molar-refractivity contribution in [3.63, 3.8) is 0 Å². The molecule has 78 valence electrons. The Balaban J connectivity index is 3.37. The number of hydrogen-bond donors (Lipinski definition) is 0. The van der Waals surface area contributed by atoms with Crippen molar-refractivity contribution in [1.29, 1.82) is 5.26 Å². The molecule has 5 heteroatoms. The fourth-order valence-corrected chi connectivity index (χ4v) is 2.13. The first-order valence-electron chi connectivity index (χ1n) is 4.01. The number of Topliss-reactive ketones (excluding diaryl/α,β-unsaturated/α-hetero) is 1. The lowest BCUT2D eigenvalue weighted by molar-refractivity contribution is 0.102. The molecule has 15 heavy (non-hydrogen) atoms. The minimum absolute atomic E-state index is 0.0901. The van der Waals surface area contributed by atoms with Gasteiger partial charge in [-0.1, -0.05) is 0 Å². The Labute approximate surface area is 106 Å². The van der Waals surface area contributed by atoms with E-state index in [9.17, 15) is 4.79 Å². The van der Waals surface area contributed by atoms with Crippen LogP contribution in [0, 0.1) is 14.9 Å². The van der Waals surface area contributed by atoms with Crippen molar-refractivity contribution in [2.24, 2.45) is 0 Å². The summed E-state index contributed by atoms with van der Waals surface area (Å²) < 4.78 is 5.60. The van der Waals surface area contributed by atoms with Gasteiger partial charge in [0.1, 0.15) is 17.4 Å². The van der Waals surface area contributed by atoms with E-state index < -0.39 is 0 Å². The molecule has 3 nitrogen and oxygen atoms in total. The number of hydrogen-bond acceptors (Lipinski definition) is 3. The fraction of sp³-hybridized carbons (Fsp3) is 0.200. The highest BCUT2D eigenvalue weighted by Gasteiger charge is 2.15. The molecule has 0 aliphatic carbocycles. The van der Waals surface area contributed by atoms with Crippen LogP contribution in [0.1, 0.15) is 15.9 Å². The summed E-state index contributed by atoms with van der Waals surface area (Å²) in [5.74, 6) is 0.181. The van der Waals surface area contributed by atoms with Gasteiger partial charge in [0.2, 0.25) is 0 Å². The summed E-state index contributed by atoms with van der Waals surface area (Å²) in [6, 6.07) is 5.22. The molecule has 1 aromatic carbocycles. The maximum atomic E-state index is 11.4. The summed E-state index contributed by atoms with van der Waals surface area (Å²) in [5, 5.41) is 8.93. The van der Waals surface area contributed by atoms with E-state index in [2.05, 4.69) is 0 Å². The molecule has 0 fully saturated rings. The van der Waals surface area contributed by atoms with Gasteiger partial charge in [0.25, 0.3) is 0 Å². The summed E-state index contributed by atoms with van der Waals surface area (Å²) in [6.07, 6.45) is 0. The molecule has 0 saturated heterocycles. The lowest BCUT2D eigenvalue weighted by atomic mass is 10.1. The van der Waals surface area contributed by atoms with Crippen molar-refractivity contribution in [2.45, 2.75) is 0 Å². The number of carbonyl (C=O) groups is 1. The maximum Gasteiger partial charge on any atom is 0.178 e. The fourth-order valence-electron chi connectivity index (χ4n) is 1.12. The van der Waals surface area contributed by atoms with Crippen LogP contribution in [0.4, 0.5) is 0 Å². The van der Waals surface area contributed by atoms with E-state index in [0.717, 1.165) is 0 Å². The summed E-state index contributed by atoms with van der Waals surface area (Å²) in [7, 11) is 1.48. The molecule has 0 aliphatic rings. The van der Waals surface area contributed by atoms with Crippen LogP contribution in [0.2, 0.25) is 0 Å². The molecular weight excluding hydrogens is 328 g/mol. The van der Waals surface area contributed by atoms with Crippen LogP contribution in [0.25, 0.3) is 0 Å². The van der Waals surface area contributed by atoms with Gasteiger partial charge in [-0.2, -0.15) is 5.26 Å². The molecule has 0 saturated carbocycles. The van der Waals surface area contributed by atoms with E-state index in [4.69, 9.17) is 21.6 Å². The first-order valence-corrected chi connectivity index (χ1v) is 5.62. The highest BCUT2D eigenvalue weighted by Crippen LogP contribution is 2.26. The van der Waals surface area contributed by atoms with Crippen molar-refractivity contribution in [1.82, 2.24) is 0 Å². The summed E-state index contributed by atoms with van der Waals surface area (Å²) in [4.78, 5) is 11.4. The molecule has 0 aliphatic heterocycles. The molecule has 0 amide bonds. The molecule has 1 aromatic rings. The van der Waals surface area contributed by atoms with Gasteiger partial charge in [-0.05, 0) is 34.7 Å². The van der Waals surface area contributed by atoms with Crippen LogP contribution in [0.5, 0.6) is 5.75 Å². The minimum Gasteiger partial charge on any atom is -0.495 e. The monoisotopic (exact) mass is 335 g/mol. The number of ether oxygens (including phenoxy) is 1. The Bertz CT molecular complexity index is 440. The quantitative estimate of drug-likeness (QED) is 0.485. The van der Waals surface area contributed by atoms with Crippen molar-refractivity contribution in [3.8, 4) is 11.8 Å². The van der Waals surface area contributed by atoms with E-state index >= 15 is 0 Å². The first kappa shape index (κ1) is 12.3. The number of ketones is 1. The second kappa shape index (κ2) is 5.33. The molecule has 1 rings (SSSR count). The lowest BCUT2D eigenvalue weighted by Crippen LogP contribution is -2.05. The SMILES string of the molecule is COc1ccc(C(=O)CCl)c(I)c1C#N. The van der Waals surface area contributed by atoms with Crippen LogP contribution in [0.3, 0.4) is 0 Å². The Kier molecular flexibility index (Phi) is 4.36. The van der Waals surface area contributed by atoms with Gasteiger partial charge in [-0.25, -0.2) is 0 Å². The van der Waals surface area contributed by atoms with Gasteiger partial charge in [0.15, 0.2) is 5.78 Å². The third kappa shape index (κ3) is 2.41. The third-order valence-electron chi connectivity index (χ3n) is 1.86. The van der Waals surface area contributed by atoms with E-state index in [0.29, 0.717) is 20.4 Å². The third-order valence-corrected chi connectivity index (χ3v) is 3.22. The van der Waals surface area contributed by atoms with E-state index in [1.54, 1.807) is 12.1 Å². The van der Waals surface area contributed by atoms with Crippen LogP contribution >= 0.6 is 34.2 Å². The highest BCUT2D eigenvalue weighted by atomic mass is 127. The van der Waals surface area contributed by atoms with E-state index in [1.165, 1.54) is 7.11 Å². The number of carbonyl (C=O) groups excluding carboxylic acids is 1. The van der Waals surface area contributed by atoms with Gasteiger partial charge < -0.3 is 4.74 Å². The zero-order valence-corrected chi connectivity index (χ0v) is 10.8. The number of alkyl halides is 1. The Morgan fingerprint density at radius 3 is 2.80 bits per heavy atom. The van der Waals surface area contributed by atoms with E-state index in [-0.39, 0.29) is 11.7 Å². The maximum absolute atomic E-state index is 11.4. The van der Waals surface area contributed by atoms with Gasteiger partial charge >= 0.3 is 0 Å². The topological polar surface area (TPSA) is 50.1 Å². The number of nitrogens with zero attached hydrogens (tertiary/aromatic N) is 1. The Morgan fingerprint density at radius 1 is 1.67 bits per heavy atom. The normalized spacial score (nSPS) is 9.47. The Hall–Kier alpha value is -0.800. The second-order valence-corrected chi connectivity index (χ2v) is 4.02. The minimum atomic E-state index is -0.194. The molecule has 0 spiro atoms. The summed E-state index contributed by atoms with van der Waals surface area (Å²) in [5.41, 5.74) is 0.831. The van der Waals surface area contributed by atoms with Gasteiger partial charge in [-0.15, -0.1) is 11.6 Å². The largest absolute Gasteiger partial charge is 0.495 e. The molecule has 0 bridgehead atoms. The molecule has 0 unspecified atom stereocenters.